The first-order chi connectivity index (χ1) is 8.26. The fourth-order valence-electron chi connectivity index (χ4n) is 0.721. The minimum Gasteiger partial charge on any atom is -0.318 e. The predicted molar refractivity (Wildman–Crippen MR) is 83.1 cm³/mol. The van der Waals surface area contributed by atoms with Gasteiger partial charge >= 0.3 is 0 Å². The van der Waals surface area contributed by atoms with Crippen LogP contribution in [0.3, 0.4) is 0 Å². The maximum atomic E-state index is 7.41. The zero-order chi connectivity index (χ0) is 14.7. The van der Waals surface area contributed by atoms with Gasteiger partial charge in [-0.05, 0) is 19.5 Å². The van der Waals surface area contributed by atoms with Crippen LogP contribution in [0.4, 0.5) is 0 Å². The van der Waals surface area contributed by atoms with Crippen LogP contribution < -0.4 is 0 Å². The Labute approximate surface area is 109 Å². The molecule has 0 heterocycles. The van der Waals surface area contributed by atoms with E-state index in [1.807, 2.05) is 41.5 Å². The lowest BCUT2D eigenvalue weighted by molar-refractivity contribution is 0.541. The summed E-state index contributed by atoms with van der Waals surface area (Å²) in [5, 5.41) is 7.41. The molecule has 3 heteroatoms. The van der Waals surface area contributed by atoms with Crippen LogP contribution in [0, 0.1) is 5.41 Å². The topological polar surface area (TPSA) is 39.5 Å². The van der Waals surface area contributed by atoms with Crippen LogP contribution in [-0.2, 0) is 0 Å². The van der Waals surface area contributed by atoms with Crippen molar-refractivity contribution in [1.82, 2.24) is 4.90 Å². The molecule has 0 aliphatic carbocycles. The lowest BCUT2D eigenvalue weighted by atomic mass is 10.4. The fraction of sp³-hybridized carbons (Fsp3) is 0.714. The van der Waals surface area contributed by atoms with Gasteiger partial charge in [-0.25, -0.2) is 4.99 Å². The van der Waals surface area contributed by atoms with Gasteiger partial charge in [-0.2, -0.15) is 0 Å². The van der Waals surface area contributed by atoms with Crippen molar-refractivity contribution >= 4 is 12.2 Å². The zero-order valence-electron chi connectivity index (χ0n) is 13.2. The summed E-state index contributed by atoms with van der Waals surface area (Å²) in [6, 6.07) is 0. The summed E-state index contributed by atoms with van der Waals surface area (Å²) in [6.45, 7) is 20.2. The van der Waals surface area contributed by atoms with E-state index in [9.17, 15) is 0 Å². The van der Waals surface area contributed by atoms with E-state index in [-0.39, 0.29) is 5.96 Å². The second-order valence-corrected chi connectivity index (χ2v) is 2.09. The van der Waals surface area contributed by atoms with Gasteiger partial charge in [0, 0.05) is 12.8 Å². The molecule has 0 unspecified atom stereocenters. The first-order valence-corrected chi connectivity index (χ1v) is 6.72. The Balaban J connectivity index is -0.000000121. The molecular weight excluding hydrogens is 210 g/mol. The third kappa shape index (κ3) is 20.9. The number of nitrogens with zero attached hydrogens (tertiary/aromatic N) is 2. The summed E-state index contributed by atoms with van der Waals surface area (Å²) < 4.78 is 0. The van der Waals surface area contributed by atoms with E-state index in [0.717, 1.165) is 13.0 Å². The molecule has 17 heavy (non-hydrogen) atoms. The van der Waals surface area contributed by atoms with E-state index < -0.39 is 0 Å². The van der Waals surface area contributed by atoms with Gasteiger partial charge in [-0.3, -0.25) is 5.41 Å². The SMILES string of the molecule is C=CN(CCC)C(=N)/N=C\C.CC.CC.CC. The highest BCUT2D eigenvalue weighted by atomic mass is 15.2. The highest BCUT2D eigenvalue weighted by Gasteiger charge is 2.00. The second-order valence-electron chi connectivity index (χ2n) is 2.09. The molecule has 0 aromatic carbocycles. The molecule has 104 valence electrons. The van der Waals surface area contributed by atoms with Crippen LogP contribution in [-0.4, -0.2) is 23.6 Å². The summed E-state index contributed by atoms with van der Waals surface area (Å²) in [6.07, 6.45) is 4.22. The van der Waals surface area contributed by atoms with Crippen molar-refractivity contribution in [3.05, 3.63) is 12.8 Å². The Hall–Kier alpha value is -1.12. The number of rotatable bonds is 3. The Kier molecular flexibility index (Phi) is 43.0. The van der Waals surface area contributed by atoms with Gasteiger partial charge in [-0.15, -0.1) is 0 Å². The zero-order valence-corrected chi connectivity index (χ0v) is 13.2. The Morgan fingerprint density at radius 3 is 1.82 bits per heavy atom. The first-order valence-electron chi connectivity index (χ1n) is 6.72. The van der Waals surface area contributed by atoms with Crippen molar-refractivity contribution < 1.29 is 0 Å². The van der Waals surface area contributed by atoms with Crippen LogP contribution >= 0.6 is 0 Å². The third-order valence-corrected chi connectivity index (χ3v) is 1.21. The quantitative estimate of drug-likeness (QED) is 0.553. The van der Waals surface area contributed by atoms with E-state index in [0.29, 0.717) is 0 Å². The molecule has 0 amide bonds. The summed E-state index contributed by atoms with van der Waals surface area (Å²) in [7, 11) is 0. The molecule has 0 rings (SSSR count). The van der Waals surface area contributed by atoms with Crippen molar-refractivity contribution in [3.8, 4) is 0 Å². The maximum Gasteiger partial charge on any atom is 0.221 e. The molecule has 0 bridgehead atoms. The number of aliphatic imine (C=N–C) groups is 1. The molecule has 0 aliphatic heterocycles. The molecule has 0 aliphatic rings. The number of guanidine groups is 1. The van der Waals surface area contributed by atoms with Crippen molar-refractivity contribution in [3.63, 3.8) is 0 Å². The summed E-state index contributed by atoms with van der Waals surface area (Å²) in [4.78, 5) is 5.54. The molecule has 0 radical (unpaired) electrons. The van der Waals surface area contributed by atoms with Gasteiger partial charge in [0.1, 0.15) is 0 Å². The van der Waals surface area contributed by atoms with E-state index >= 15 is 0 Å². The molecule has 0 aromatic heterocycles. The van der Waals surface area contributed by atoms with Gasteiger partial charge < -0.3 is 4.90 Å². The third-order valence-electron chi connectivity index (χ3n) is 1.21. The van der Waals surface area contributed by atoms with Gasteiger partial charge in [-0.1, -0.05) is 55.0 Å². The van der Waals surface area contributed by atoms with Gasteiger partial charge in [0.15, 0.2) is 0 Å². The maximum absolute atomic E-state index is 7.41. The summed E-state index contributed by atoms with van der Waals surface area (Å²) in [5.74, 6) is 0.254. The molecule has 0 spiro atoms. The molecule has 0 atom stereocenters. The average Bonchev–Trinajstić information content (AvgIpc) is 2.43. The highest BCUT2D eigenvalue weighted by molar-refractivity contribution is 5.85. The molecule has 3 nitrogen and oxygen atoms in total. The van der Waals surface area contributed by atoms with Crippen LogP contribution in [0.15, 0.2) is 17.8 Å². The standard InChI is InChI=1S/C8H15N3.3C2H6/c1-4-7-11(6-3)8(9)10-5-2;3*1-2/h5-6,9H,3-4,7H2,1-2H3;3*1-2H3/b9-8?,10-5-;;;. The van der Waals surface area contributed by atoms with E-state index in [2.05, 4.69) is 18.5 Å². The van der Waals surface area contributed by atoms with Gasteiger partial charge in [0.25, 0.3) is 0 Å². The summed E-state index contributed by atoms with van der Waals surface area (Å²) >= 11 is 0. The van der Waals surface area contributed by atoms with Crippen molar-refractivity contribution in [2.45, 2.75) is 61.8 Å². The first kappa shape index (κ1) is 24.9. The Morgan fingerprint density at radius 1 is 1.18 bits per heavy atom. The van der Waals surface area contributed by atoms with Crippen molar-refractivity contribution in [2.24, 2.45) is 4.99 Å². The summed E-state index contributed by atoms with van der Waals surface area (Å²) in [5.41, 5.74) is 0. The molecule has 0 saturated carbocycles. The average molecular weight is 243 g/mol. The largest absolute Gasteiger partial charge is 0.318 e. The van der Waals surface area contributed by atoms with Gasteiger partial charge in [0.05, 0.1) is 0 Å². The molecule has 0 fully saturated rings. The Morgan fingerprint density at radius 2 is 1.59 bits per heavy atom. The van der Waals surface area contributed by atoms with Crippen LogP contribution in [0.5, 0.6) is 0 Å². The molecule has 1 N–H and O–H groups in total. The second kappa shape index (κ2) is 29.4. The van der Waals surface area contributed by atoms with E-state index in [4.69, 9.17) is 5.41 Å². The normalized spacial score (nSPS) is 7.53. The van der Waals surface area contributed by atoms with E-state index in [1.54, 1.807) is 24.2 Å². The monoisotopic (exact) mass is 243 g/mol. The van der Waals surface area contributed by atoms with Crippen molar-refractivity contribution in [1.29, 1.82) is 5.41 Å². The van der Waals surface area contributed by atoms with E-state index in [1.165, 1.54) is 0 Å². The fourth-order valence-corrected chi connectivity index (χ4v) is 0.721. The van der Waals surface area contributed by atoms with Crippen molar-refractivity contribution in [2.75, 3.05) is 6.54 Å². The van der Waals surface area contributed by atoms with Gasteiger partial charge in [0.2, 0.25) is 5.96 Å². The lowest BCUT2D eigenvalue weighted by Gasteiger charge is -2.15. The molecule has 0 saturated heterocycles. The number of nitrogens with one attached hydrogen (secondary N) is 1. The minimum atomic E-state index is 0.254. The van der Waals surface area contributed by atoms with Crippen LogP contribution in [0.1, 0.15) is 61.8 Å². The minimum absolute atomic E-state index is 0.254. The lowest BCUT2D eigenvalue weighted by Crippen LogP contribution is -2.23. The molecule has 0 aromatic rings. The predicted octanol–water partition coefficient (Wildman–Crippen LogP) is 4.95. The Bertz CT molecular complexity index is 163. The highest BCUT2D eigenvalue weighted by Crippen LogP contribution is 1.93. The number of hydrogen-bond donors (Lipinski definition) is 1. The van der Waals surface area contributed by atoms with Crippen LogP contribution in [0.2, 0.25) is 0 Å². The molecular formula is C14H33N3. The van der Waals surface area contributed by atoms with Crippen LogP contribution in [0.25, 0.3) is 0 Å². The number of hydrogen-bond acceptors (Lipinski definition) is 1. The smallest absolute Gasteiger partial charge is 0.221 e.